The second kappa shape index (κ2) is 32.4. The first kappa shape index (κ1) is 58.7. The number of carbonyl (C=O) groups is 11. The molecule has 9 amide bonds. The molecule has 0 aliphatic heterocycles. The Labute approximate surface area is 400 Å². The SMILES string of the molecule is CSCC[C@H](NC(=O)[C@H](CC(=O)O)NC(=O)CNC(=O)[C@H](CCCN=C(N)N)NC(=O)[C@@H](N)CS)C(=O)N[C@@H](Cc1ccccc1)C(=O)NCC(=O)N[C@@H](CS)C(=O)NCC(=O)NCC(=O)O. The maximum Gasteiger partial charge on any atom is 0.322 e. The molecule has 17 N–H and O–H groups in total. The minimum Gasteiger partial charge on any atom is -0.481 e. The van der Waals surface area contributed by atoms with Gasteiger partial charge in [0.1, 0.15) is 36.8 Å². The highest BCUT2D eigenvalue weighted by molar-refractivity contribution is 7.98. The summed E-state index contributed by atoms with van der Waals surface area (Å²) in [5.74, 6) is -10.9. The topological polar surface area (TPSA) is 427 Å². The second-order valence-electron chi connectivity index (χ2n) is 14.2. The average molecular weight is 1000 g/mol. The van der Waals surface area contributed by atoms with E-state index < -0.39 is 134 Å². The van der Waals surface area contributed by atoms with Crippen LogP contribution in [0.2, 0.25) is 0 Å². The molecule has 0 radical (unpaired) electrons. The van der Waals surface area contributed by atoms with E-state index in [1.807, 2.05) is 0 Å². The number of benzene rings is 1. The van der Waals surface area contributed by atoms with Crippen LogP contribution >= 0.6 is 37.0 Å². The Morgan fingerprint density at radius 2 is 1.10 bits per heavy atom. The van der Waals surface area contributed by atoms with Gasteiger partial charge in [0, 0.05) is 24.5 Å². The molecule has 1 aromatic rings. The van der Waals surface area contributed by atoms with Crippen molar-refractivity contribution in [2.24, 2.45) is 22.2 Å². The molecule has 0 saturated carbocycles. The predicted molar refractivity (Wildman–Crippen MR) is 250 cm³/mol. The van der Waals surface area contributed by atoms with Crippen LogP contribution in [0.4, 0.5) is 0 Å². The number of nitrogens with two attached hydrogens (primary N) is 3. The average Bonchev–Trinajstić information content (AvgIpc) is 3.28. The number of carboxylic acids is 2. The zero-order chi connectivity index (χ0) is 50.5. The van der Waals surface area contributed by atoms with Gasteiger partial charge in [-0.2, -0.15) is 37.0 Å². The molecule has 0 fully saturated rings. The lowest BCUT2D eigenvalue weighted by atomic mass is 10.0. The fraction of sp³-hybridized carbons (Fsp3) is 0.526. The summed E-state index contributed by atoms with van der Waals surface area (Å²) in [4.78, 5) is 143. The van der Waals surface area contributed by atoms with E-state index in [1.54, 1.807) is 36.6 Å². The normalized spacial score (nSPS) is 13.3. The molecule has 1 rings (SSSR count). The largest absolute Gasteiger partial charge is 0.481 e. The Morgan fingerprint density at radius 3 is 1.64 bits per heavy atom. The van der Waals surface area contributed by atoms with Crippen molar-refractivity contribution in [2.75, 3.05) is 56.2 Å². The van der Waals surface area contributed by atoms with Gasteiger partial charge < -0.3 is 75.3 Å². The zero-order valence-corrected chi connectivity index (χ0v) is 39.0. The van der Waals surface area contributed by atoms with E-state index in [0.29, 0.717) is 5.56 Å². The van der Waals surface area contributed by atoms with Crippen molar-refractivity contribution in [3.05, 3.63) is 35.9 Å². The molecule has 0 bridgehead atoms. The van der Waals surface area contributed by atoms with Gasteiger partial charge in [0.2, 0.25) is 53.2 Å². The number of aliphatic carboxylic acids is 2. The van der Waals surface area contributed by atoms with Crippen molar-refractivity contribution >= 4 is 108 Å². The number of guanidine groups is 1. The van der Waals surface area contributed by atoms with E-state index in [9.17, 15) is 57.8 Å². The molecular formula is C38H59N13O13S3. The number of nitrogens with zero attached hydrogens (tertiary/aromatic N) is 1. The first-order valence-electron chi connectivity index (χ1n) is 20.3. The number of rotatable bonds is 32. The lowest BCUT2D eigenvalue weighted by Crippen LogP contribution is -2.58. The maximum absolute atomic E-state index is 13.8. The molecule has 0 aliphatic rings. The fourth-order valence-electron chi connectivity index (χ4n) is 5.42. The van der Waals surface area contributed by atoms with Crippen LogP contribution in [0.1, 0.15) is 31.2 Å². The first-order valence-corrected chi connectivity index (χ1v) is 23.0. The van der Waals surface area contributed by atoms with Crippen LogP contribution in [0.3, 0.4) is 0 Å². The van der Waals surface area contributed by atoms with Crippen molar-refractivity contribution in [3.8, 4) is 0 Å². The van der Waals surface area contributed by atoms with Gasteiger partial charge in [-0.1, -0.05) is 30.3 Å². The number of aliphatic imine (C=N–C) groups is 1. The van der Waals surface area contributed by atoms with Crippen LogP contribution in [-0.4, -0.2) is 174 Å². The number of hydrogen-bond acceptors (Lipinski definition) is 16. The molecule has 0 aromatic heterocycles. The van der Waals surface area contributed by atoms with Crippen LogP contribution in [0, 0.1) is 0 Å². The van der Waals surface area contributed by atoms with Crippen LogP contribution in [0.25, 0.3) is 0 Å². The van der Waals surface area contributed by atoms with Crippen molar-refractivity contribution in [1.82, 2.24) is 47.9 Å². The predicted octanol–water partition coefficient (Wildman–Crippen LogP) is -6.33. The minimum absolute atomic E-state index is 0.0169. The quantitative estimate of drug-likeness (QED) is 0.0138. The van der Waals surface area contributed by atoms with Gasteiger partial charge >= 0.3 is 11.9 Å². The molecule has 67 heavy (non-hydrogen) atoms. The van der Waals surface area contributed by atoms with Gasteiger partial charge in [-0.3, -0.25) is 57.7 Å². The number of nitrogens with one attached hydrogen (secondary N) is 9. The van der Waals surface area contributed by atoms with E-state index in [2.05, 4.69) is 78.1 Å². The minimum atomic E-state index is -1.77. The molecule has 0 unspecified atom stereocenters. The summed E-state index contributed by atoms with van der Waals surface area (Å²) in [7, 11) is 0. The summed E-state index contributed by atoms with van der Waals surface area (Å²) in [6.45, 7) is -2.64. The van der Waals surface area contributed by atoms with Crippen LogP contribution in [-0.2, 0) is 59.2 Å². The van der Waals surface area contributed by atoms with Crippen LogP contribution in [0.15, 0.2) is 35.3 Å². The summed E-state index contributed by atoms with van der Waals surface area (Å²) in [5, 5.41) is 39.2. The lowest BCUT2D eigenvalue weighted by Gasteiger charge is -2.25. The smallest absolute Gasteiger partial charge is 0.322 e. The van der Waals surface area contributed by atoms with E-state index in [-0.39, 0.29) is 55.4 Å². The molecular weight excluding hydrogens is 943 g/mol. The van der Waals surface area contributed by atoms with Gasteiger partial charge in [-0.05, 0) is 36.8 Å². The number of carbonyl (C=O) groups excluding carboxylic acids is 9. The van der Waals surface area contributed by atoms with Crippen molar-refractivity contribution < 1.29 is 63.0 Å². The maximum atomic E-state index is 13.8. The summed E-state index contributed by atoms with van der Waals surface area (Å²) in [6.07, 6.45) is 0.859. The molecule has 372 valence electrons. The number of carboxylic acid groups (broad SMARTS) is 2. The highest BCUT2D eigenvalue weighted by Crippen LogP contribution is 2.08. The third-order valence-electron chi connectivity index (χ3n) is 8.84. The van der Waals surface area contributed by atoms with E-state index in [0.717, 1.165) is 0 Å². The number of thiol groups is 2. The summed E-state index contributed by atoms with van der Waals surface area (Å²) in [5.41, 5.74) is 16.9. The zero-order valence-electron chi connectivity index (χ0n) is 36.4. The Morgan fingerprint density at radius 1 is 0.597 bits per heavy atom. The molecule has 0 aliphatic carbocycles. The first-order chi connectivity index (χ1) is 31.7. The van der Waals surface area contributed by atoms with E-state index in [1.165, 1.54) is 11.8 Å². The highest BCUT2D eigenvalue weighted by Gasteiger charge is 2.32. The third-order valence-corrected chi connectivity index (χ3v) is 10.2. The Bertz CT molecular complexity index is 1910. The number of hydrogen-bond donors (Lipinski definition) is 16. The number of amides is 9. The summed E-state index contributed by atoms with van der Waals surface area (Å²) >= 11 is 9.30. The standard InChI is InChI=1S/C38H59N13O13S3/c1-67-11-9-23(50-37(64)25(13-30(55)56)47-28(53)15-45-33(60)22(8-5-10-42-38(40)41)49-32(59)21(39)18-65)36(63)51-24(12-20-6-3-2-4-7-20)34(61)46-16-29(54)48-26(19-66)35(62)44-14-27(52)43-17-31(57)58/h2-4,6-7,21-26,65-66H,5,8-19,39H2,1H3,(H,43,52)(H,44,62)(H,45,60)(H,46,61)(H,47,53)(H,48,54)(H,49,59)(H,50,64)(H,51,63)(H,55,56)(H,57,58)(H4,40,41,42)/t21-,22-,23-,24-,25-,26-/m0/s1. The molecule has 26 nitrogen and oxygen atoms in total. The monoisotopic (exact) mass is 1000 g/mol. The van der Waals surface area contributed by atoms with Gasteiger partial charge in [0.25, 0.3) is 0 Å². The van der Waals surface area contributed by atoms with Gasteiger partial charge in [-0.15, -0.1) is 0 Å². The van der Waals surface area contributed by atoms with Crippen LogP contribution in [0.5, 0.6) is 0 Å². The van der Waals surface area contributed by atoms with E-state index in [4.69, 9.17) is 22.3 Å². The Balaban J connectivity index is 3.13. The highest BCUT2D eigenvalue weighted by atomic mass is 32.2. The van der Waals surface area contributed by atoms with E-state index >= 15 is 0 Å². The lowest BCUT2D eigenvalue weighted by molar-refractivity contribution is -0.141. The molecule has 29 heteroatoms. The van der Waals surface area contributed by atoms with Gasteiger partial charge in [0.15, 0.2) is 5.96 Å². The Hall–Kier alpha value is -6.33. The number of thioether (sulfide) groups is 1. The summed E-state index contributed by atoms with van der Waals surface area (Å²) in [6, 6.07) is 0.323. The molecule has 1 aromatic carbocycles. The fourth-order valence-corrected chi connectivity index (χ4v) is 6.31. The third kappa shape index (κ3) is 25.2. The van der Waals surface area contributed by atoms with Crippen molar-refractivity contribution in [3.63, 3.8) is 0 Å². The van der Waals surface area contributed by atoms with Gasteiger partial charge in [-0.25, -0.2) is 0 Å². The molecule has 0 heterocycles. The molecule has 0 saturated heterocycles. The van der Waals surface area contributed by atoms with Gasteiger partial charge in [0.05, 0.1) is 32.1 Å². The van der Waals surface area contributed by atoms with Crippen molar-refractivity contribution in [1.29, 1.82) is 0 Å². The summed E-state index contributed by atoms with van der Waals surface area (Å²) < 4.78 is 0. The van der Waals surface area contributed by atoms with Crippen molar-refractivity contribution in [2.45, 2.75) is 68.4 Å². The van der Waals surface area contributed by atoms with Crippen LogP contribution < -0.4 is 65.1 Å². The Kier molecular flexibility index (Phi) is 28.3. The molecule has 0 spiro atoms. The second-order valence-corrected chi connectivity index (χ2v) is 16.0. The molecule has 6 atom stereocenters.